The van der Waals surface area contributed by atoms with Crippen LogP contribution in [0.4, 0.5) is 29.1 Å². The van der Waals surface area contributed by atoms with E-state index in [0.717, 1.165) is 12.1 Å². The maximum Gasteiger partial charge on any atom is 0.265 e. The molecule has 0 amide bonds. The molecule has 1 saturated heterocycles. The molecule has 1 aliphatic heterocycles. The maximum atomic E-state index is 14.9. The zero-order valence-corrected chi connectivity index (χ0v) is 20.9. The van der Waals surface area contributed by atoms with Gasteiger partial charge in [0.05, 0.1) is 42.6 Å². The molecule has 4 heterocycles. The van der Waals surface area contributed by atoms with E-state index in [4.69, 9.17) is 16.2 Å². The Morgan fingerprint density at radius 1 is 1.15 bits per heavy atom. The van der Waals surface area contributed by atoms with Crippen LogP contribution in [0.1, 0.15) is 18.5 Å². The summed E-state index contributed by atoms with van der Waals surface area (Å²) in [6, 6.07) is 5.07. The summed E-state index contributed by atoms with van der Waals surface area (Å²) in [5.41, 5.74) is 12.3. The number of aliphatic hydroxyl groups is 1. The summed E-state index contributed by atoms with van der Waals surface area (Å²) in [5, 5.41) is 10.1. The molecule has 1 aliphatic rings. The molecule has 0 saturated carbocycles. The van der Waals surface area contributed by atoms with Crippen molar-refractivity contribution < 1.29 is 27.4 Å². The molecule has 0 spiro atoms. The molecule has 2 atom stereocenters. The van der Waals surface area contributed by atoms with Gasteiger partial charge in [0.2, 0.25) is 0 Å². The summed E-state index contributed by atoms with van der Waals surface area (Å²) in [5.74, 6) is -1.58. The fraction of sp³-hybridized carbons (Fsp3) is 0.360. The van der Waals surface area contributed by atoms with Gasteiger partial charge in [0.1, 0.15) is 23.8 Å². The van der Waals surface area contributed by atoms with E-state index in [-0.39, 0.29) is 42.3 Å². The molecule has 4 aromatic rings. The third-order valence-electron chi connectivity index (χ3n) is 6.94. The van der Waals surface area contributed by atoms with Gasteiger partial charge in [-0.05, 0) is 31.0 Å². The van der Waals surface area contributed by atoms with Crippen LogP contribution < -0.4 is 21.1 Å². The van der Waals surface area contributed by atoms with E-state index < -0.39 is 29.7 Å². The average molecular weight is 547 g/mol. The number of hydrogen-bond donors (Lipinski definition) is 3. The second-order valence-electron chi connectivity index (χ2n) is 9.47. The minimum Gasteiger partial charge on any atom is -0.494 e. The number of alkyl halides is 2. The Morgan fingerprint density at radius 3 is 2.69 bits per heavy atom. The first-order valence-corrected chi connectivity index (χ1v) is 12.1. The van der Waals surface area contributed by atoms with E-state index in [0.29, 0.717) is 35.5 Å². The Morgan fingerprint density at radius 2 is 1.95 bits per heavy atom. The van der Waals surface area contributed by atoms with Gasteiger partial charge in [0.15, 0.2) is 23.0 Å². The lowest BCUT2D eigenvalue weighted by Gasteiger charge is -2.44. The number of pyridine rings is 1. The third kappa shape index (κ3) is 4.92. The zero-order valence-electron chi connectivity index (χ0n) is 20.9. The van der Waals surface area contributed by atoms with Gasteiger partial charge in [-0.25, -0.2) is 37.5 Å². The van der Waals surface area contributed by atoms with Crippen molar-refractivity contribution in [3.63, 3.8) is 0 Å². The van der Waals surface area contributed by atoms with Crippen LogP contribution >= 0.6 is 0 Å². The lowest BCUT2D eigenvalue weighted by Crippen LogP contribution is -2.63. The number of hydrogen-bond acceptors (Lipinski definition) is 9. The van der Waals surface area contributed by atoms with Crippen LogP contribution in [-0.2, 0) is 6.54 Å². The standard InChI is InChI=1S/C25H26F4N8O2/c1-39-19-8-14(26)13(7-15(19)27)16-3-4-18(36-6-2-5-25(31,10-36)21(38)22(28)29)17(35-16)9-37-12-34-20-23(30)32-11-33-24(20)37/h3-4,7-8,11-12,21-22,38H,2,5-6,9-10,31H2,1H3,(H2,30,32,33)/t21-,25+/m0/s1. The monoisotopic (exact) mass is 546 g/mol. The minimum atomic E-state index is -3.01. The summed E-state index contributed by atoms with van der Waals surface area (Å²) < 4.78 is 62.7. The predicted molar refractivity (Wildman–Crippen MR) is 135 cm³/mol. The number of nitrogens with zero attached hydrogens (tertiary/aromatic N) is 6. The van der Waals surface area contributed by atoms with Crippen LogP contribution in [-0.4, -0.2) is 67.9 Å². The van der Waals surface area contributed by atoms with Gasteiger partial charge in [-0.1, -0.05) is 0 Å². The number of anilines is 2. The van der Waals surface area contributed by atoms with Crippen molar-refractivity contribution in [2.45, 2.75) is 37.5 Å². The number of methoxy groups -OCH3 is 1. The smallest absolute Gasteiger partial charge is 0.265 e. The van der Waals surface area contributed by atoms with Crippen LogP contribution in [0.25, 0.3) is 22.4 Å². The molecule has 0 bridgehead atoms. The Hall–Kier alpha value is -4.04. The molecular formula is C25H26F4N8O2. The first kappa shape index (κ1) is 26.6. The number of nitrogens with two attached hydrogens (primary N) is 2. The Kier molecular flexibility index (Phi) is 6.99. The molecule has 39 heavy (non-hydrogen) atoms. The highest BCUT2D eigenvalue weighted by Gasteiger charge is 2.43. The summed E-state index contributed by atoms with van der Waals surface area (Å²) in [4.78, 5) is 18.8. The average Bonchev–Trinajstić information content (AvgIpc) is 3.33. The number of ether oxygens (including phenoxy) is 1. The molecular weight excluding hydrogens is 520 g/mol. The van der Waals surface area contributed by atoms with Gasteiger partial charge in [-0.3, -0.25) is 0 Å². The molecule has 1 aromatic carbocycles. The molecule has 10 nitrogen and oxygen atoms in total. The number of aliphatic hydroxyl groups excluding tert-OH is 1. The number of fused-ring (bicyclic) bond motifs is 1. The van der Waals surface area contributed by atoms with E-state index in [1.54, 1.807) is 15.5 Å². The van der Waals surface area contributed by atoms with E-state index in [2.05, 4.69) is 19.9 Å². The van der Waals surface area contributed by atoms with Gasteiger partial charge >= 0.3 is 0 Å². The van der Waals surface area contributed by atoms with Gasteiger partial charge in [0, 0.05) is 24.7 Å². The van der Waals surface area contributed by atoms with Crippen molar-refractivity contribution >= 4 is 22.7 Å². The van der Waals surface area contributed by atoms with E-state index >= 15 is 0 Å². The molecule has 0 aliphatic carbocycles. The highest BCUT2D eigenvalue weighted by Crippen LogP contribution is 2.34. The Balaban J connectivity index is 1.60. The zero-order chi connectivity index (χ0) is 27.9. The second kappa shape index (κ2) is 10.3. The predicted octanol–water partition coefficient (Wildman–Crippen LogP) is 2.73. The van der Waals surface area contributed by atoms with Crippen molar-refractivity contribution in [3.05, 3.63) is 54.2 Å². The molecule has 5 rings (SSSR count). The molecule has 0 radical (unpaired) electrons. The molecule has 1 fully saturated rings. The molecule has 5 N–H and O–H groups in total. The number of piperidine rings is 1. The number of aromatic nitrogens is 5. The number of benzene rings is 1. The highest BCUT2D eigenvalue weighted by atomic mass is 19.3. The van der Waals surface area contributed by atoms with Crippen molar-refractivity contribution in [3.8, 4) is 17.0 Å². The molecule has 0 unspecified atom stereocenters. The molecule has 14 heteroatoms. The largest absolute Gasteiger partial charge is 0.494 e. The third-order valence-corrected chi connectivity index (χ3v) is 6.94. The van der Waals surface area contributed by atoms with Crippen molar-refractivity contribution in [1.82, 2.24) is 24.5 Å². The Labute approximate surface area is 220 Å². The quantitative estimate of drug-likeness (QED) is 0.298. The number of halogens is 4. The summed E-state index contributed by atoms with van der Waals surface area (Å²) >= 11 is 0. The van der Waals surface area contributed by atoms with Crippen LogP contribution in [0.2, 0.25) is 0 Å². The van der Waals surface area contributed by atoms with Crippen LogP contribution in [0, 0.1) is 11.6 Å². The summed E-state index contributed by atoms with van der Waals surface area (Å²) in [6.45, 7) is 0.452. The highest BCUT2D eigenvalue weighted by molar-refractivity contribution is 5.81. The van der Waals surface area contributed by atoms with E-state index in [1.165, 1.54) is 25.8 Å². The summed E-state index contributed by atoms with van der Waals surface area (Å²) in [7, 11) is 1.23. The van der Waals surface area contributed by atoms with Gasteiger partial charge in [0.25, 0.3) is 6.43 Å². The van der Waals surface area contributed by atoms with Crippen LogP contribution in [0.3, 0.4) is 0 Å². The molecule has 206 valence electrons. The van der Waals surface area contributed by atoms with Crippen molar-refractivity contribution in [2.24, 2.45) is 5.73 Å². The fourth-order valence-corrected chi connectivity index (χ4v) is 4.92. The molecule has 3 aromatic heterocycles. The van der Waals surface area contributed by atoms with Crippen molar-refractivity contribution in [1.29, 1.82) is 0 Å². The number of imidazole rings is 1. The minimum absolute atomic E-state index is 0.0713. The number of nitrogen functional groups attached to an aromatic ring is 1. The lowest BCUT2D eigenvalue weighted by atomic mass is 9.84. The van der Waals surface area contributed by atoms with Crippen molar-refractivity contribution in [2.75, 3.05) is 30.8 Å². The number of rotatable bonds is 7. The first-order valence-electron chi connectivity index (χ1n) is 12.1. The van der Waals surface area contributed by atoms with Crippen LogP contribution in [0.5, 0.6) is 5.75 Å². The summed E-state index contributed by atoms with van der Waals surface area (Å²) in [6.07, 6.45) is -1.61. The van der Waals surface area contributed by atoms with Gasteiger partial charge in [-0.2, -0.15) is 0 Å². The SMILES string of the molecule is COc1cc(F)c(-c2ccc(N3CCC[C@](N)([C@@H](O)C(F)F)C3)c(Cn3cnc4c(N)ncnc43)n2)cc1F. The second-order valence-corrected chi connectivity index (χ2v) is 9.47. The first-order chi connectivity index (χ1) is 18.6. The lowest BCUT2D eigenvalue weighted by molar-refractivity contribution is -0.0529. The van der Waals surface area contributed by atoms with E-state index in [9.17, 15) is 22.7 Å². The van der Waals surface area contributed by atoms with E-state index in [1.807, 2.05) is 0 Å². The fourth-order valence-electron chi connectivity index (χ4n) is 4.92. The topological polar surface area (TPSA) is 141 Å². The van der Waals surface area contributed by atoms with Gasteiger partial charge in [-0.15, -0.1) is 0 Å². The Bertz CT molecular complexity index is 1520. The van der Waals surface area contributed by atoms with Crippen LogP contribution in [0.15, 0.2) is 36.9 Å². The normalized spacial score (nSPS) is 18.6. The van der Waals surface area contributed by atoms with Gasteiger partial charge < -0.3 is 30.8 Å². The maximum absolute atomic E-state index is 14.9.